The van der Waals surface area contributed by atoms with Crippen LogP contribution in [0.1, 0.15) is 37.0 Å². The Morgan fingerprint density at radius 3 is 2.37 bits per heavy atom. The van der Waals surface area contributed by atoms with E-state index in [2.05, 4.69) is 18.9 Å². The van der Waals surface area contributed by atoms with Crippen LogP contribution in [0.25, 0.3) is 0 Å². The van der Waals surface area contributed by atoms with Crippen LogP contribution in [0.5, 0.6) is 5.75 Å². The van der Waals surface area contributed by atoms with Gasteiger partial charge in [0, 0.05) is 5.56 Å². The highest BCUT2D eigenvalue weighted by molar-refractivity contribution is 5.94. The van der Waals surface area contributed by atoms with Crippen LogP contribution in [0, 0.1) is 5.92 Å². The maximum absolute atomic E-state index is 11.2. The lowest BCUT2D eigenvalue weighted by Crippen LogP contribution is -2.36. The molecule has 1 atom stereocenters. The zero-order valence-electron chi connectivity index (χ0n) is 12.1. The summed E-state index contributed by atoms with van der Waals surface area (Å²) in [5, 5.41) is 0. The smallest absolute Gasteiger partial charge is 0.159 e. The monoisotopic (exact) mass is 261 g/mol. The Morgan fingerprint density at radius 1 is 1.26 bits per heavy atom. The van der Waals surface area contributed by atoms with Crippen LogP contribution >= 0.6 is 0 Å². The van der Waals surface area contributed by atoms with Crippen molar-refractivity contribution in [3.8, 4) is 5.75 Å². The molecule has 1 saturated heterocycles. The maximum Gasteiger partial charge on any atom is 0.159 e. The first-order valence-electron chi connectivity index (χ1n) is 7.02. The highest BCUT2D eigenvalue weighted by Crippen LogP contribution is 2.24. The van der Waals surface area contributed by atoms with Gasteiger partial charge in [0.25, 0.3) is 0 Å². The minimum absolute atomic E-state index is 0.0925. The first-order chi connectivity index (χ1) is 9.06. The van der Waals surface area contributed by atoms with E-state index in [0.29, 0.717) is 5.92 Å². The lowest BCUT2D eigenvalue weighted by atomic mass is 9.92. The van der Waals surface area contributed by atoms with Gasteiger partial charge in [0.05, 0.1) is 6.10 Å². The van der Waals surface area contributed by atoms with Crippen LogP contribution in [0.4, 0.5) is 0 Å². The summed E-state index contributed by atoms with van der Waals surface area (Å²) >= 11 is 0. The van der Waals surface area contributed by atoms with Gasteiger partial charge in [0.1, 0.15) is 5.75 Å². The number of ether oxygens (including phenoxy) is 1. The molecule has 1 fully saturated rings. The average Bonchev–Trinajstić information content (AvgIpc) is 2.40. The minimum Gasteiger partial charge on any atom is -0.490 e. The quantitative estimate of drug-likeness (QED) is 0.780. The molecule has 1 unspecified atom stereocenters. The number of piperidine rings is 1. The predicted octanol–water partition coefficient (Wildman–Crippen LogP) is 3.00. The number of nitrogens with zero attached hydrogens (tertiary/aromatic N) is 1. The molecule has 0 aromatic heterocycles. The van der Waals surface area contributed by atoms with Crippen molar-refractivity contribution in [2.75, 3.05) is 20.1 Å². The standard InChI is InChI=1S/C16H23NO2/c1-12(18)14-4-6-16(7-5-14)19-13(2)15-8-10-17(3)11-9-15/h4-7,13,15H,8-11H2,1-3H3. The maximum atomic E-state index is 11.2. The number of likely N-dealkylation sites (tertiary alicyclic amines) is 1. The number of Topliss-reactive ketones (excluding diaryl/α,β-unsaturated/α-hetero) is 1. The van der Waals surface area contributed by atoms with Crippen LogP contribution in [0.2, 0.25) is 0 Å². The van der Waals surface area contributed by atoms with Crippen molar-refractivity contribution in [3.05, 3.63) is 29.8 Å². The minimum atomic E-state index is 0.0925. The third-order valence-corrected chi connectivity index (χ3v) is 4.01. The third-order valence-electron chi connectivity index (χ3n) is 4.01. The van der Waals surface area contributed by atoms with E-state index in [1.54, 1.807) is 6.92 Å². The predicted molar refractivity (Wildman–Crippen MR) is 76.8 cm³/mol. The summed E-state index contributed by atoms with van der Waals surface area (Å²) in [5.41, 5.74) is 0.735. The number of rotatable bonds is 4. The van der Waals surface area contributed by atoms with Crippen LogP contribution < -0.4 is 4.74 Å². The van der Waals surface area contributed by atoms with Gasteiger partial charge < -0.3 is 9.64 Å². The van der Waals surface area contributed by atoms with E-state index in [4.69, 9.17) is 4.74 Å². The van der Waals surface area contributed by atoms with Crippen LogP contribution in [-0.4, -0.2) is 36.9 Å². The van der Waals surface area contributed by atoms with E-state index in [0.717, 1.165) is 24.4 Å². The Hall–Kier alpha value is -1.35. The fraction of sp³-hybridized carbons (Fsp3) is 0.562. The van der Waals surface area contributed by atoms with Crippen molar-refractivity contribution in [1.29, 1.82) is 0 Å². The molecule has 0 N–H and O–H groups in total. The van der Waals surface area contributed by atoms with Crippen LogP contribution in [0.3, 0.4) is 0 Å². The van der Waals surface area contributed by atoms with Crippen molar-refractivity contribution in [2.45, 2.75) is 32.8 Å². The molecule has 0 bridgehead atoms. The van der Waals surface area contributed by atoms with Crippen molar-refractivity contribution in [3.63, 3.8) is 0 Å². The van der Waals surface area contributed by atoms with E-state index in [1.807, 2.05) is 24.3 Å². The zero-order valence-corrected chi connectivity index (χ0v) is 12.1. The lowest BCUT2D eigenvalue weighted by Gasteiger charge is -2.32. The molecule has 19 heavy (non-hydrogen) atoms. The molecular formula is C16H23NO2. The average molecular weight is 261 g/mol. The topological polar surface area (TPSA) is 29.5 Å². The number of carbonyl (C=O) groups is 1. The van der Waals surface area contributed by atoms with Crippen molar-refractivity contribution in [1.82, 2.24) is 4.90 Å². The molecule has 1 heterocycles. The molecule has 104 valence electrons. The Morgan fingerprint density at radius 2 is 1.84 bits per heavy atom. The molecular weight excluding hydrogens is 238 g/mol. The fourth-order valence-electron chi connectivity index (χ4n) is 2.58. The van der Waals surface area contributed by atoms with E-state index < -0.39 is 0 Å². The van der Waals surface area contributed by atoms with Gasteiger partial charge in [-0.2, -0.15) is 0 Å². The van der Waals surface area contributed by atoms with Crippen LogP contribution in [0.15, 0.2) is 24.3 Å². The van der Waals surface area contributed by atoms with E-state index in [-0.39, 0.29) is 11.9 Å². The molecule has 1 aromatic rings. The van der Waals surface area contributed by atoms with E-state index >= 15 is 0 Å². The van der Waals surface area contributed by atoms with Crippen molar-refractivity contribution < 1.29 is 9.53 Å². The number of benzene rings is 1. The van der Waals surface area contributed by atoms with Crippen molar-refractivity contribution >= 4 is 5.78 Å². The van der Waals surface area contributed by atoms with Gasteiger partial charge in [-0.1, -0.05) is 0 Å². The second-order valence-electron chi connectivity index (χ2n) is 5.54. The number of hydrogen-bond acceptors (Lipinski definition) is 3. The van der Waals surface area contributed by atoms with Gasteiger partial charge in [-0.15, -0.1) is 0 Å². The Kier molecular flexibility index (Phi) is 4.59. The molecule has 1 aliphatic heterocycles. The summed E-state index contributed by atoms with van der Waals surface area (Å²) in [6, 6.07) is 7.45. The lowest BCUT2D eigenvalue weighted by molar-refractivity contribution is 0.0976. The van der Waals surface area contributed by atoms with E-state index in [9.17, 15) is 4.79 Å². The highest BCUT2D eigenvalue weighted by atomic mass is 16.5. The first kappa shape index (κ1) is 14.1. The van der Waals surface area contributed by atoms with Gasteiger partial charge >= 0.3 is 0 Å². The number of carbonyl (C=O) groups excluding carboxylic acids is 1. The molecule has 0 radical (unpaired) electrons. The summed E-state index contributed by atoms with van der Waals surface area (Å²) in [6.45, 7) is 6.04. The summed E-state index contributed by atoms with van der Waals surface area (Å²) < 4.78 is 5.99. The largest absolute Gasteiger partial charge is 0.490 e. The van der Waals surface area contributed by atoms with Gasteiger partial charge in [0.15, 0.2) is 5.78 Å². The normalized spacial score (nSPS) is 19.1. The molecule has 0 amide bonds. The van der Waals surface area contributed by atoms with Gasteiger partial charge in [-0.25, -0.2) is 0 Å². The van der Waals surface area contributed by atoms with Gasteiger partial charge in [0.2, 0.25) is 0 Å². The molecule has 3 nitrogen and oxygen atoms in total. The Labute approximate surface area is 115 Å². The SMILES string of the molecule is CC(=O)c1ccc(OC(C)C2CCN(C)CC2)cc1. The fourth-order valence-corrected chi connectivity index (χ4v) is 2.58. The molecule has 1 aromatic carbocycles. The number of ketones is 1. The first-order valence-corrected chi connectivity index (χ1v) is 7.02. The summed E-state index contributed by atoms with van der Waals surface area (Å²) in [4.78, 5) is 13.6. The second-order valence-corrected chi connectivity index (χ2v) is 5.54. The molecule has 1 aliphatic rings. The van der Waals surface area contributed by atoms with Crippen LogP contribution in [-0.2, 0) is 0 Å². The molecule has 2 rings (SSSR count). The summed E-state index contributed by atoms with van der Waals surface area (Å²) in [7, 11) is 2.17. The summed E-state index contributed by atoms with van der Waals surface area (Å²) in [5.74, 6) is 1.58. The number of hydrogen-bond donors (Lipinski definition) is 0. The summed E-state index contributed by atoms with van der Waals surface area (Å²) in [6.07, 6.45) is 2.63. The van der Waals surface area contributed by atoms with E-state index in [1.165, 1.54) is 12.8 Å². The molecule has 3 heteroatoms. The zero-order chi connectivity index (χ0) is 13.8. The highest BCUT2D eigenvalue weighted by Gasteiger charge is 2.23. The van der Waals surface area contributed by atoms with Gasteiger partial charge in [-0.05, 0) is 77.0 Å². The Balaban J connectivity index is 1.91. The van der Waals surface area contributed by atoms with Crippen molar-refractivity contribution in [2.24, 2.45) is 5.92 Å². The molecule has 0 aliphatic carbocycles. The molecule has 0 saturated carbocycles. The van der Waals surface area contributed by atoms with Gasteiger partial charge in [-0.3, -0.25) is 4.79 Å². The third kappa shape index (κ3) is 3.80. The molecule has 0 spiro atoms. The Bertz CT molecular complexity index is 419. The second kappa shape index (κ2) is 6.20.